The molecule has 0 saturated carbocycles. The third kappa shape index (κ3) is 70.2. The lowest BCUT2D eigenvalue weighted by atomic mass is 10.0. The molecule has 0 aromatic heterocycles. The van der Waals surface area contributed by atoms with Crippen LogP contribution in [0.1, 0.15) is 393 Å². The number of carbonyl (C=O) groups excluding carboxylic acids is 1. The highest BCUT2D eigenvalue weighted by atomic mass is 16.3. The second-order valence-electron chi connectivity index (χ2n) is 25.3. The zero-order valence-electron chi connectivity index (χ0n) is 56.0. The summed E-state index contributed by atoms with van der Waals surface area (Å²) in [5.41, 5.74) is 0. The minimum Gasteiger partial charge on any atom is -0.394 e. The monoisotopic (exact) mass is 1160 g/mol. The van der Waals surface area contributed by atoms with Gasteiger partial charge in [-0.05, 0) is 70.6 Å². The van der Waals surface area contributed by atoms with Crippen LogP contribution in [0.3, 0.4) is 0 Å². The van der Waals surface area contributed by atoms with Gasteiger partial charge in [0.2, 0.25) is 5.91 Å². The van der Waals surface area contributed by atoms with Gasteiger partial charge in [-0.25, -0.2) is 0 Å². The number of allylic oxidation sites excluding steroid dienone is 14. The predicted molar refractivity (Wildman–Crippen MR) is 373 cm³/mol. The first-order chi connectivity index (χ1) is 41.2. The van der Waals surface area contributed by atoms with E-state index in [0.29, 0.717) is 12.8 Å². The fourth-order valence-corrected chi connectivity index (χ4v) is 11.6. The average molecular weight is 1160 g/mol. The summed E-state index contributed by atoms with van der Waals surface area (Å²) in [5.74, 6) is -0.0253. The number of hydrogen-bond donors (Lipinski definition) is 3. The molecule has 0 aromatic carbocycles. The van der Waals surface area contributed by atoms with Gasteiger partial charge in [-0.2, -0.15) is 0 Å². The van der Waals surface area contributed by atoms with Gasteiger partial charge in [0.15, 0.2) is 0 Å². The van der Waals surface area contributed by atoms with Crippen molar-refractivity contribution >= 4 is 5.91 Å². The van der Waals surface area contributed by atoms with E-state index in [9.17, 15) is 15.0 Å². The molecule has 3 N–H and O–H groups in total. The third-order valence-corrected chi connectivity index (χ3v) is 17.2. The minimum atomic E-state index is -0.663. The molecule has 0 aliphatic rings. The smallest absolute Gasteiger partial charge is 0.220 e. The van der Waals surface area contributed by atoms with E-state index in [2.05, 4.69) is 104 Å². The van der Waals surface area contributed by atoms with Crippen molar-refractivity contribution in [2.75, 3.05) is 6.61 Å². The van der Waals surface area contributed by atoms with Crippen LogP contribution in [0, 0.1) is 0 Å². The molecule has 83 heavy (non-hydrogen) atoms. The van der Waals surface area contributed by atoms with E-state index in [-0.39, 0.29) is 12.5 Å². The molecule has 0 fully saturated rings. The predicted octanol–water partition coefficient (Wildman–Crippen LogP) is 25.8. The van der Waals surface area contributed by atoms with Crippen LogP contribution in [0.15, 0.2) is 85.1 Å². The van der Waals surface area contributed by atoms with Crippen molar-refractivity contribution in [3.05, 3.63) is 85.1 Å². The molecule has 0 aromatic rings. The standard InChI is InChI=1S/C79H145NO3/c1-3-5-7-9-11-13-15-17-19-21-23-25-27-29-31-33-35-36-37-38-39-40-41-42-43-44-45-47-49-51-53-55-57-59-61-63-65-67-69-71-73-75-79(83)80-77(76-81)78(82)74-72-70-68-66-64-62-60-58-56-54-52-50-48-46-34-32-30-28-26-24-22-20-18-16-14-12-10-8-6-4-2/h5,7,11,13,17,19,23,25,29,31,35-36,38-39,77-78,81-82H,3-4,6,8-10,12,14-16,18,20-22,24,26-28,30,32-34,37,40-76H2,1-2H3,(H,80,83)/b7-5-,13-11-,19-17-,25-23-,31-29-,36-35-,39-38-. The van der Waals surface area contributed by atoms with Gasteiger partial charge in [-0.1, -0.05) is 401 Å². The van der Waals surface area contributed by atoms with Gasteiger partial charge >= 0.3 is 0 Å². The number of aliphatic hydroxyl groups excluding tert-OH is 2. The van der Waals surface area contributed by atoms with Crippen LogP contribution in [0.5, 0.6) is 0 Å². The van der Waals surface area contributed by atoms with E-state index in [1.807, 2.05) is 0 Å². The van der Waals surface area contributed by atoms with Crippen molar-refractivity contribution in [3.63, 3.8) is 0 Å². The van der Waals surface area contributed by atoms with E-state index >= 15 is 0 Å². The zero-order valence-corrected chi connectivity index (χ0v) is 56.0. The van der Waals surface area contributed by atoms with Gasteiger partial charge < -0.3 is 15.5 Å². The van der Waals surface area contributed by atoms with Gasteiger partial charge in [0.25, 0.3) is 0 Å². The maximum absolute atomic E-state index is 12.6. The molecular formula is C79H145NO3. The summed E-state index contributed by atoms with van der Waals surface area (Å²) in [4.78, 5) is 12.6. The molecule has 0 spiro atoms. The summed E-state index contributed by atoms with van der Waals surface area (Å²) < 4.78 is 0. The Balaban J connectivity index is 3.42. The van der Waals surface area contributed by atoms with Crippen molar-refractivity contribution in [1.82, 2.24) is 5.32 Å². The van der Waals surface area contributed by atoms with Gasteiger partial charge in [-0.3, -0.25) is 4.79 Å². The SMILES string of the molecule is CC/C=C\C/C=C\C/C=C\C/C=C\C/C=C\C/C=C\C/C=C\CCCCCCCCCCCCCCCCCCCCCC(=O)NC(CO)C(O)CCCCCCCCCCCCCCCCCCCCCCCCCCCCCCCC. The number of unbranched alkanes of at least 4 members (excludes halogenated alkanes) is 48. The lowest BCUT2D eigenvalue weighted by Gasteiger charge is -2.22. The van der Waals surface area contributed by atoms with Crippen molar-refractivity contribution < 1.29 is 15.0 Å². The van der Waals surface area contributed by atoms with Crippen LogP contribution in [0.2, 0.25) is 0 Å². The van der Waals surface area contributed by atoms with Crippen LogP contribution < -0.4 is 5.32 Å². The Hall–Kier alpha value is -2.43. The molecule has 4 heteroatoms. The van der Waals surface area contributed by atoms with Gasteiger partial charge in [0.05, 0.1) is 18.8 Å². The molecule has 0 heterocycles. The summed E-state index contributed by atoms with van der Waals surface area (Å²) in [6, 6.07) is -0.540. The highest BCUT2D eigenvalue weighted by Gasteiger charge is 2.20. The topological polar surface area (TPSA) is 69.6 Å². The Morgan fingerprint density at radius 1 is 0.301 bits per heavy atom. The maximum Gasteiger partial charge on any atom is 0.220 e. The lowest BCUT2D eigenvalue weighted by molar-refractivity contribution is -0.123. The number of aliphatic hydroxyl groups is 2. The maximum atomic E-state index is 12.6. The van der Waals surface area contributed by atoms with Crippen LogP contribution in [-0.2, 0) is 4.79 Å². The molecule has 2 unspecified atom stereocenters. The molecular weight excluding hydrogens is 1010 g/mol. The lowest BCUT2D eigenvalue weighted by Crippen LogP contribution is -2.45. The number of carbonyl (C=O) groups is 1. The second kappa shape index (κ2) is 73.8. The average Bonchev–Trinajstić information content (AvgIpc) is 3.51. The first-order valence-electron chi connectivity index (χ1n) is 37.3. The first kappa shape index (κ1) is 80.6. The summed E-state index contributed by atoms with van der Waals surface area (Å²) in [5, 5.41) is 23.5. The van der Waals surface area contributed by atoms with Crippen molar-refractivity contribution in [2.24, 2.45) is 0 Å². The Morgan fingerprint density at radius 2 is 0.530 bits per heavy atom. The number of amides is 1. The van der Waals surface area contributed by atoms with Gasteiger partial charge in [0.1, 0.15) is 0 Å². The largest absolute Gasteiger partial charge is 0.394 e. The fraction of sp³-hybridized carbons (Fsp3) is 0.810. The third-order valence-electron chi connectivity index (χ3n) is 17.2. The molecule has 0 rings (SSSR count). The van der Waals surface area contributed by atoms with E-state index < -0.39 is 12.1 Å². The van der Waals surface area contributed by atoms with E-state index in [0.717, 1.165) is 70.6 Å². The normalized spacial score (nSPS) is 13.2. The van der Waals surface area contributed by atoms with E-state index in [4.69, 9.17) is 0 Å². The zero-order chi connectivity index (χ0) is 59.8. The summed E-state index contributed by atoms with van der Waals surface area (Å²) in [6.07, 6.45) is 108. The summed E-state index contributed by atoms with van der Waals surface area (Å²) >= 11 is 0. The molecule has 0 saturated heterocycles. The fourth-order valence-electron chi connectivity index (χ4n) is 11.6. The number of rotatable bonds is 69. The molecule has 0 aliphatic heterocycles. The molecule has 2 atom stereocenters. The Labute approximate surface area is 520 Å². The van der Waals surface area contributed by atoms with Gasteiger partial charge in [-0.15, -0.1) is 0 Å². The summed E-state index contributed by atoms with van der Waals surface area (Å²) in [7, 11) is 0. The Morgan fingerprint density at radius 3 is 0.795 bits per heavy atom. The van der Waals surface area contributed by atoms with Crippen LogP contribution in [0.25, 0.3) is 0 Å². The molecule has 484 valence electrons. The van der Waals surface area contributed by atoms with Crippen molar-refractivity contribution in [1.29, 1.82) is 0 Å². The number of nitrogens with one attached hydrogen (secondary N) is 1. The van der Waals surface area contributed by atoms with E-state index in [1.54, 1.807) is 0 Å². The molecule has 0 bridgehead atoms. The molecule has 4 nitrogen and oxygen atoms in total. The quantitative estimate of drug-likeness (QED) is 0.0420. The van der Waals surface area contributed by atoms with E-state index in [1.165, 1.54) is 295 Å². The second-order valence-corrected chi connectivity index (χ2v) is 25.3. The van der Waals surface area contributed by atoms with Crippen LogP contribution >= 0.6 is 0 Å². The number of hydrogen-bond acceptors (Lipinski definition) is 3. The molecule has 0 radical (unpaired) electrons. The first-order valence-corrected chi connectivity index (χ1v) is 37.3. The van der Waals surface area contributed by atoms with Gasteiger partial charge in [0, 0.05) is 6.42 Å². The Kier molecular flexibility index (Phi) is 71.7. The summed E-state index contributed by atoms with van der Waals surface area (Å²) in [6.45, 7) is 4.28. The highest BCUT2D eigenvalue weighted by molar-refractivity contribution is 5.76. The molecule has 0 aliphatic carbocycles. The highest BCUT2D eigenvalue weighted by Crippen LogP contribution is 2.19. The van der Waals surface area contributed by atoms with Crippen molar-refractivity contribution in [3.8, 4) is 0 Å². The van der Waals surface area contributed by atoms with Crippen molar-refractivity contribution in [2.45, 2.75) is 405 Å². The minimum absolute atomic E-state index is 0.0253. The Bertz CT molecular complexity index is 1450. The molecule has 1 amide bonds. The van der Waals surface area contributed by atoms with Crippen LogP contribution in [-0.4, -0.2) is 34.9 Å². The van der Waals surface area contributed by atoms with Crippen LogP contribution in [0.4, 0.5) is 0 Å².